The lowest BCUT2D eigenvalue weighted by molar-refractivity contribution is -0.137. The molecule has 0 fully saturated rings. The van der Waals surface area contributed by atoms with E-state index in [1.807, 2.05) is 0 Å². The van der Waals surface area contributed by atoms with E-state index in [1.165, 1.54) is 10.4 Å². The number of benzene rings is 1. The number of alkyl halides is 3. The average Bonchev–Trinajstić information content (AvgIpc) is 2.59. The highest BCUT2D eigenvalue weighted by atomic mass is 32.2. The molecule has 2 N–H and O–H groups in total. The lowest BCUT2D eigenvalue weighted by Gasteiger charge is -2.21. The van der Waals surface area contributed by atoms with Crippen molar-refractivity contribution in [3.8, 4) is 0 Å². The summed E-state index contributed by atoms with van der Waals surface area (Å²) in [5, 5.41) is 11.7. The summed E-state index contributed by atoms with van der Waals surface area (Å²) < 4.78 is 64.9. The van der Waals surface area contributed by atoms with E-state index in [2.05, 4.69) is 5.32 Å². The van der Waals surface area contributed by atoms with Gasteiger partial charge in [0.25, 0.3) is 0 Å². The third kappa shape index (κ3) is 7.22. The van der Waals surface area contributed by atoms with Crippen LogP contribution in [-0.2, 0) is 16.2 Å². The summed E-state index contributed by atoms with van der Waals surface area (Å²) in [4.78, 5) is -0.331. The van der Waals surface area contributed by atoms with Crippen molar-refractivity contribution in [2.24, 2.45) is 0 Å². The van der Waals surface area contributed by atoms with E-state index in [0.717, 1.165) is 37.9 Å². The maximum absolute atomic E-state index is 12.8. The monoisotopic (exact) mass is 396 g/mol. The Labute approximate surface area is 153 Å². The van der Waals surface area contributed by atoms with Crippen LogP contribution < -0.4 is 5.32 Å². The first-order valence-electron chi connectivity index (χ1n) is 8.72. The predicted molar refractivity (Wildman–Crippen MR) is 94.3 cm³/mol. The highest BCUT2D eigenvalue weighted by Gasteiger charge is 2.32. The molecule has 1 aromatic rings. The molecule has 5 nitrogen and oxygen atoms in total. The molecule has 1 rings (SSSR count). The molecule has 0 saturated heterocycles. The van der Waals surface area contributed by atoms with Crippen molar-refractivity contribution in [1.29, 1.82) is 0 Å². The fourth-order valence-corrected chi connectivity index (χ4v) is 4.06. The minimum absolute atomic E-state index is 0.0961. The molecule has 0 atom stereocenters. The molecule has 9 heteroatoms. The second kappa shape index (κ2) is 10.9. The summed E-state index contributed by atoms with van der Waals surface area (Å²) in [6, 6.07) is 3.86. The Bertz CT molecular complexity index is 636. The van der Waals surface area contributed by atoms with Gasteiger partial charge < -0.3 is 10.4 Å². The molecule has 0 unspecified atom stereocenters. The predicted octanol–water partition coefficient (Wildman–Crippen LogP) is 2.86. The second-order valence-electron chi connectivity index (χ2n) is 5.91. The average molecular weight is 396 g/mol. The Balaban J connectivity index is 2.60. The number of unbranched alkanes of at least 4 members (excludes halogenated alkanes) is 3. The number of nitrogens with one attached hydrogen (secondary N) is 1. The molecule has 0 bridgehead atoms. The third-order valence-electron chi connectivity index (χ3n) is 3.95. The van der Waals surface area contributed by atoms with Gasteiger partial charge in [0.2, 0.25) is 10.0 Å². The van der Waals surface area contributed by atoms with Crippen LogP contribution in [0.2, 0.25) is 0 Å². The minimum Gasteiger partial charge on any atom is -0.395 e. The number of nitrogens with zero attached hydrogens (tertiary/aromatic N) is 1. The fraction of sp³-hybridized carbons (Fsp3) is 0.647. The number of rotatable bonds is 12. The van der Waals surface area contributed by atoms with Crippen molar-refractivity contribution in [1.82, 2.24) is 9.62 Å². The summed E-state index contributed by atoms with van der Waals surface area (Å²) >= 11 is 0. The van der Waals surface area contributed by atoms with E-state index < -0.39 is 21.8 Å². The quantitative estimate of drug-likeness (QED) is 0.533. The molecule has 0 spiro atoms. The molecule has 0 aliphatic heterocycles. The van der Waals surface area contributed by atoms with Gasteiger partial charge in [-0.05, 0) is 37.6 Å². The van der Waals surface area contributed by atoms with E-state index in [9.17, 15) is 21.6 Å². The molecular formula is C17H27F3N2O3S. The van der Waals surface area contributed by atoms with Gasteiger partial charge in [-0.2, -0.15) is 17.5 Å². The molecule has 150 valence electrons. The van der Waals surface area contributed by atoms with Crippen LogP contribution in [0.25, 0.3) is 0 Å². The molecule has 0 heterocycles. The summed E-state index contributed by atoms with van der Waals surface area (Å²) in [5.41, 5.74) is -0.968. The first kappa shape index (κ1) is 22.9. The molecule has 0 radical (unpaired) electrons. The second-order valence-corrected chi connectivity index (χ2v) is 7.85. The van der Waals surface area contributed by atoms with E-state index in [-0.39, 0.29) is 24.6 Å². The van der Waals surface area contributed by atoms with Gasteiger partial charge >= 0.3 is 6.18 Å². The van der Waals surface area contributed by atoms with Crippen LogP contribution in [0.15, 0.2) is 29.2 Å². The van der Waals surface area contributed by atoms with E-state index in [0.29, 0.717) is 19.0 Å². The number of aliphatic hydroxyl groups is 1. The summed E-state index contributed by atoms with van der Waals surface area (Å²) in [6.07, 6.45) is -1.26. The zero-order valence-electron chi connectivity index (χ0n) is 14.9. The number of hydrogen-bond acceptors (Lipinski definition) is 4. The van der Waals surface area contributed by atoms with Gasteiger partial charge in [0.05, 0.1) is 17.1 Å². The van der Waals surface area contributed by atoms with Gasteiger partial charge in [-0.25, -0.2) is 8.42 Å². The molecule has 26 heavy (non-hydrogen) atoms. The van der Waals surface area contributed by atoms with Crippen LogP contribution in [0.5, 0.6) is 0 Å². The Hall–Kier alpha value is -1.16. The Morgan fingerprint density at radius 2 is 1.81 bits per heavy atom. The van der Waals surface area contributed by atoms with Gasteiger partial charge in [0, 0.05) is 19.6 Å². The Morgan fingerprint density at radius 1 is 1.12 bits per heavy atom. The zero-order valence-corrected chi connectivity index (χ0v) is 15.7. The summed E-state index contributed by atoms with van der Waals surface area (Å²) in [7, 11) is -3.95. The van der Waals surface area contributed by atoms with E-state index in [1.54, 1.807) is 6.92 Å². The highest BCUT2D eigenvalue weighted by molar-refractivity contribution is 7.89. The van der Waals surface area contributed by atoms with Crippen molar-refractivity contribution < 1.29 is 26.7 Å². The zero-order chi connectivity index (χ0) is 19.6. The van der Waals surface area contributed by atoms with Crippen LogP contribution in [0.3, 0.4) is 0 Å². The molecular weight excluding hydrogens is 369 g/mol. The van der Waals surface area contributed by atoms with E-state index in [4.69, 9.17) is 5.11 Å². The largest absolute Gasteiger partial charge is 0.416 e. The van der Waals surface area contributed by atoms with Crippen LogP contribution in [-0.4, -0.2) is 50.6 Å². The first-order valence-corrected chi connectivity index (χ1v) is 10.2. The maximum atomic E-state index is 12.8. The number of halogens is 3. The lowest BCUT2D eigenvalue weighted by atomic mass is 10.2. The SMILES string of the molecule is CCN(CCCCCCNCCO)S(=O)(=O)c1cccc(C(F)(F)F)c1. The van der Waals surface area contributed by atoms with Gasteiger partial charge in [0.1, 0.15) is 0 Å². The van der Waals surface area contributed by atoms with Crippen molar-refractivity contribution in [2.75, 3.05) is 32.8 Å². The van der Waals surface area contributed by atoms with Gasteiger partial charge in [-0.1, -0.05) is 25.8 Å². The molecule has 0 aliphatic carbocycles. The molecule has 0 amide bonds. The molecule has 0 saturated carbocycles. The number of hydrogen-bond donors (Lipinski definition) is 2. The van der Waals surface area contributed by atoms with Crippen molar-refractivity contribution in [2.45, 2.75) is 43.7 Å². The van der Waals surface area contributed by atoms with Crippen LogP contribution >= 0.6 is 0 Å². The van der Waals surface area contributed by atoms with Crippen molar-refractivity contribution in [3.63, 3.8) is 0 Å². The highest BCUT2D eigenvalue weighted by Crippen LogP contribution is 2.31. The molecule has 1 aromatic carbocycles. The smallest absolute Gasteiger partial charge is 0.395 e. The first-order chi connectivity index (χ1) is 12.2. The van der Waals surface area contributed by atoms with Gasteiger partial charge in [0.15, 0.2) is 0 Å². The minimum atomic E-state index is -4.58. The van der Waals surface area contributed by atoms with Crippen molar-refractivity contribution in [3.05, 3.63) is 29.8 Å². The van der Waals surface area contributed by atoms with E-state index >= 15 is 0 Å². The number of aliphatic hydroxyl groups excluding tert-OH is 1. The molecule has 0 aromatic heterocycles. The van der Waals surface area contributed by atoms with Crippen molar-refractivity contribution >= 4 is 10.0 Å². The Kier molecular flexibility index (Phi) is 9.56. The van der Waals surface area contributed by atoms with Gasteiger partial charge in [-0.3, -0.25) is 0 Å². The Morgan fingerprint density at radius 3 is 2.42 bits per heavy atom. The standard InChI is InChI=1S/C17H27F3N2O3S/c1-2-22(12-6-4-3-5-10-21-11-13-23)26(24,25)16-9-7-8-15(14-16)17(18,19)20/h7-9,14,21,23H,2-6,10-13H2,1H3. The van der Waals surface area contributed by atoms with Crippen LogP contribution in [0.4, 0.5) is 13.2 Å². The fourth-order valence-electron chi connectivity index (χ4n) is 2.53. The molecule has 0 aliphatic rings. The summed E-state index contributed by atoms with van der Waals surface area (Å²) in [6.45, 7) is 3.60. The van der Waals surface area contributed by atoms with Gasteiger partial charge in [-0.15, -0.1) is 0 Å². The maximum Gasteiger partial charge on any atom is 0.416 e. The number of sulfonamides is 1. The van der Waals surface area contributed by atoms with Crippen LogP contribution in [0, 0.1) is 0 Å². The topological polar surface area (TPSA) is 69.6 Å². The lowest BCUT2D eigenvalue weighted by Crippen LogP contribution is -2.32. The third-order valence-corrected chi connectivity index (χ3v) is 5.92. The van der Waals surface area contributed by atoms with Crippen LogP contribution in [0.1, 0.15) is 38.2 Å². The summed E-state index contributed by atoms with van der Waals surface area (Å²) in [5.74, 6) is 0. The normalized spacial score (nSPS) is 12.7.